The Kier molecular flexibility index (Phi) is 2.64. The largest absolute Gasteiger partial charge is 0.476 e. The molecule has 1 aliphatic carbocycles. The summed E-state index contributed by atoms with van der Waals surface area (Å²) in [5.74, 6) is 1.13. The maximum Gasteiger partial charge on any atom is 0.274 e. The Balaban J connectivity index is 1.56. The molecule has 2 aliphatic heterocycles. The molecule has 0 radical (unpaired) electrons. The van der Waals surface area contributed by atoms with Crippen molar-refractivity contribution in [3.05, 3.63) is 11.8 Å². The molecule has 4 rings (SSSR count). The lowest BCUT2D eigenvalue weighted by Gasteiger charge is -2.57. The fourth-order valence-corrected chi connectivity index (χ4v) is 4.41. The summed E-state index contributed by atoms with van der Waals surface area (Å²) in [5, 5.41) is 4.36. The molecule has 6 nitrogen and oxygen atoms in total. The van der Waals surface area contributed by atoms with Crippen molar-refractivity contribution in [2.75, 3.05) is 20.3 Å². The van der Waals surface area contributed by atoms with E-state index in [1.807, 2.05) is 11.9 Å². The highest BCUT2D eigenvalue weighted by molar-refractivity contribution is 5.93. The van der Waals surface area contributed by atoms with Gasteiger partial charge in [-0.25, -0.2) is 4.68 Å². The number of aromatic nitrogens is 2. The van der Waals surface area contributed by atoms with Gasteiger partial charge in [-0.2, -0.15) is 5.10 Å². The van der Waals surface area contributed by atoms with Gasteiger partial charge in [0.2, 0.25) is 5.88 Å². The van der Waals surface area contributed by atoms with Gasteiger partial charge in [0.15, 0.2) is 5.69 Å². The van der Waals surface area contributed by atoms with Crippen LogP contribution in [0.4, 0.5) is 0 Å². The van der Waals surface area contributed by atoms with Gasteiger partial charge in [-0.1, -0.05) is 13.8 Å². The van der Waals surface area contributed by atoms with Crippen LogP contribution < -0.4 is 4.74 Å². The monoisotopic (exact) mass is 291 g/mol. The summed E-state index contributed by atoms with van der Waals surface area (Å²) in [6.07, 6.45) is 1.33. The predicted octanol–water partition coefficient (Wildman–Crippen LogP) is 1.16. The van der Waals surface area contributed by atoms with Gasteiger partial charge in [0, 0.05) is 37.1 Å². The third-order valence-corrected chi connectivity index (χ3v) is 5.29. The first kappa shape index (κ1) is 13.1. The molecule has 114 valence electrons. The lowest BCUT2D eigenvalue weighted by atomic mass is 9.57. The molecular formula is C15H21N3O3. The molecule has 21 heavy (non-hydrogen) atoms. The van der Waals surface area contributed by atoms with Gasteiger partial charge in [0.1, 0.15) is 6.61 Å². The van der Waals surface area contributed by atoms with Crippen molar-refractivity contribution in [2.45, 2.75) is 39.0 Å². The summed E-state index contributed by atoms with van der Waals surface area (Å²) in [5.41, 5.74) is 0.482. The average molecular weight is 291 g/mol. The first-order chi connectivity index (χ1) is 10.00. The lowest BCUT2D eigenvalue weighted by Crippen LogP contribution is -2.66. The van der Waals surface area contributed by atoms with E-state index in [2.05, 4.69) is 18.9 Å². The van der Waals surface area contributed by atoms with E-state index in [-0.39, 0.29) is 23.5 Å². The summed E-state index contributed by atoms with van der Waals surface area (Å²) in [6.45, 7) is 6.54. The Morgan fingerprint density at radius 2 is 2.29 bits per heavy atom. The van der Waals surface area contributed by atoms with E-state index >= 15 is 0 Å². The number of amides is 1. The molecule has 0 aromatic carbocycles. The molecule has 3 atom stereocenters. The van der Waals surface area contributed by atoms with Gasteiger partial charge >= 0.3 is 0 Å². The maximum atomic E-state index is 12.7. The van der Waals surface area contributed by atoms with E-state index in [1.165, 1.54) is 0 Å². The van der Waals surface area contributed by atoms with Crippen molar-refractivity contribution in [3.8, 4) is 5.88 Å². The van der Waals surface area contributed by atoms with Crippen LogP contribution in [0.1, 0.15) is 30.8 Å². The third-order valence-electron chi connectivity index (χ3n) is 5.29. The molecule has 3 heterocycles. The van der Waals surface area contributed by atoms with Crippen LogP contribution in [-0.2, 0) is 11.3 Å². The van der Waals surface area contributed by atoms with E-state index < -0.39 is 0 Å². The number of fused-ring (bicyclic) bond motifs is 2. The molecule has 0 N–H and O–H groups in total. The molecule has 1 saturated heterocycles. The first-order valence-electron chi connectivity index (χ1n) is 7.59. The number of nitrogens with zero attached hydrogens (tertiary/aromatic N) is 3. The van der Waals surface area contributed by atoms with Crippen molar-refractivity contribution in [3.63, 3.8) is 0 Å². The van der Waals surface area contributed by atoms with Crippen LogP contribution in [0.5, 0.6) is 5.88 Å². The smallest absolute Gasteiger partial charge is 0.274 e. The summed E-state index contributed by atoms with van der Waals surface area (Å²) in [4.78, 5) is 14.6. The molecule has 1 amide bonds. The normalized spacial score (nSPS) is 32.0. The molecular weight excluding hydrogens is 270 g/mol. The lowest BCUT2D eigenvalue weighted by molar-refractivity contribution is -0.139. The molecule has 6 heteroatoms. The fraction of sp³-hybridized carbons (Fsp3) is 0.733. The Morgan fingerprint density at radius 3 is 3.05 bits per heavy atom. The highest BCUT2D eigenvalue weighted by atomic mass is 16.5. The number of hydrogen-bond donors (Lipinski definition) is 0. The van der Waals surface area contributed by atoms with Crippen LogP contribution in [0.3, 0.4) is 0 Å². The number of ether oxygens (including phenoxy) is 2. The number of carbonyl (C=O) groups is 1. The van der Waals surface area contributed by atoms with E-state index in [0.29, 0.717) is 24.1 Å². The van der Waals surface area contributed by atoms with Crippen LogP contribution in [0.15, 0.2) is 6.07 Å². The van der Waals surface area contributed by atoms with Crippen LogP contribution >= 0.6 is 0 Å². The van der Waals surface area contributed by atoms with Gasteiger partial charge in [-0.3, -0.25) is 4.79 Å². The Morgan fingerprint density at radius 1 is 1.48 bits per heavy atom. The molecule has 1 aromatic rings. The molecule has 3 aliphatic rings. The Hall–Kier alpha value is -1.56. The second kappa shape index (κ2) is 4.22. The number of rotatable bonds is 2. The van der Waals surface area contributed by atoms with Gasteiger partial charge < -0.3 is 14.4 Å². The minimum absolute atomic E-state index is 0.00450. The quantitative estimate of drug-likeness (QED) is 0.820. The Labute approximate surface area is 124 Å². The second-order valence-electron chi connectivity index (χ2n) is 6.87. The Bertz CT molecular complexity index is 573. The highest BCUT2D eigenvalue weighted by Gasteiger charge is 2.61. The highest BCUT2D eigenvalue weighted by Crippen LogP contribution is 2.54. The van der Waals surface area contributed by atoms with Crippen LogP contribution in [-0.4, -0.2) is 53.0 Å². The zero-order chi connectivity index (χ0) is 14.8. The van der Waals surface area contributed by atoms with Crippen molar-refractivity contribution >= 4 is 5.91 Å². The fourth-order valence-electron chi connectivity index (χ4n) is 4.41. The molecule has 1 saturated carbocycles. The molecule has 3 unspecified atom stereocenters. The average Bonchev–Trinajstić information content (AvgIpc) is 3.10. The third kappa shape index (κ3) is 1.68. The van der Waals surface area contributed by atoms with Crippen LogP contribution in [0.25, 0.3) is 0 Å². The van der Waals surface area contributed by atoms with Gasteiger partial charge in [0.25, 0.3) is 5.91 Å². The SMILES string of the molecule is CN(C(=O)c1cc2n(n1)CCO2)C1C2CCOC2C1(C)C. The minimum Gasteiger partial charge on any atom is -0.476 e. The van der Waals surface area contributed by atoms with Crippen molar-refractivity contribution in [1.29, 1.82) is 0 Å². The zero-order valence-electron chi connectivity index (χ0n) is 12.7. The maximum absolute atomic E-state index is 12.7. The molecule has 0 spiro atoms. The summed E-state index contributed by atoms with van der Waals surface area (Å²) in [6, 6.07) is 1.97. The van der Waals surface area contributed by atoms with Crippen molar-refractivity contribution in [2.24, 2.45) is 11.3 Å². The van der Waals surface area contributed by atoms with E-state index in [0.717, 1.165) is 19.6 Å². The van der Waals surface area contributed by atoms with Crippen LogP contribution in [0, 0.1) is 11.3 Å². The molecule has 1 aromatic heterocycles. The topological polar surface area (TPSA) is 56.6 Å². The van der Waals surface area contributed by atoms with E-state index in [1.54, 1.807) is 10.7 Å². The van der Waals surface area contributed by atoms with E-state index in [4.69, 9.17) is 9.47 Å². The van der Waals surface area contributed by atoms with Crippen molar-refractivity contribution < 1.29 is 14.3 Å². The summed E-state index contributed by atoms with van der Waals surface area (Å²) < 4.78 is 13.0. The number of carbonyl (C=O) groups excluding carboxylic acids is 1. The standard InChI is InChI=1S/C15H21N3O3/c1-15(2)12(9-4-6-21-13(9)15)17(3)14(19)10-8-11-18(16-10)5-7-20-11/h8-9,12-13H,4-7H2,1-3H3. The number of hydrogen-bond acceptors (Lipinski definition) is 4. The van der Waals surface area contributed by atoms with Gasteiger partial charge in [-0.15, -0.1) is 0 Å². The molecule has 0 bridgehead atoms. The molecule has 2 fully saturated rings. The van der Waals surface area contributed by atoms with Gasteiger partial charge in [-0.05, 0) is 6.42 Å². The van der Waals surface area contributed by atoms with E-state index in [9.17, 15) is 4.79 Å². The second-order valence-corrected chi connectivity index (χ2v) is 6.87. The zero-order valence-corrected chi connectivity index (χ0v) is 12.7. The van der Waals surface area contributed by atoms with Crippen LogP contribution in [0.2, 0.25) is 0 Å². The minimum atomic E-state index is -0.0241. The predicted molar refractivity (Wildman–Crippen MR) is 75.2 cm³/mol. The van der Waals surface area contributed by atoms with Crippen molar-refractivity contribution in [1.82, 2.24) is 14.7 Å². The first-order valence-corrected chi connectivity index (χ1v) is 7.59. The summed E-state index contributed by atoms with van der Waals surface area (Å²) >= 11 is 0. The van der Waals surface area contributed by atoms with Gasteiger partial charge in [0.05, 0.1) is 12.6 Å². The summed E-state index contributed by atoms with van der Waals surface area (Å²) in [7, 11) is 1.88.